The molecule has 3 aromatic rings. The summed E-state index contributed by atoms with van der Waals surface area (Å²) in [7, 11) is 1.38. The minimum Gasteiger partial charge on any atom is -0.481 e. The van der Waals surface area contributed by atoms with E-state index in [2.05, 4.69) is 5.10 Å². The van der Waals surface area contributed by atoms with Gasteiger partial charge in [-0.15, -0.1) is 0 Å². The lowest BCUT2D eigenvalue weighted by Crippen LogP contribution is -2.10. The van der Waals surface area contributed by atoms with Gasteiger partial charge in [0.05, 0.1) is 12.6 Å². The van der Waals surface area contributed by atoms with Gasteiger partial charge in [-0.1, -0.05) is 18.2 Å². The third-order valence-electron chi connectivity index (χ3n) is 4.65. The van der Waals surface area contributed by atoms with Crippen LogP contribution in [-0.2, 0) is 12.6 Å². The lowest BCUT2D eigenvalue weighted by molar-refractivity contribution is -0.141. The highest BCUT2D eigenvalue weighted by Crippen LogP contribution is 2.35. The zero-order chi connectivity index (χ0) is 18.5. The number of benzene rings is 1. The van der Waals surface area contributed by atoms with Crippen molar-refractivity contribution in [1.82, 2.24) is 9.61 Å². The van der Waals surface area contributed by atoms with Gasteiger partial charge >= 0.3 is 6.18 Å². The molecule has 0 N–H and O–H groups in total. The SMILES string of the molecule is COc1ccc(-c2ccc3c(c2)CCCC3=O)c2cc(C(F)(F)F)nn12. The van der Waals surface area contributed by atoms with Crippen LogP contribution in [-0.4, -0.2) is 22.5 Å². The third kappa shape index (κ3) is 2.64. The number of aromatic nitrogens is 2. The molecular formula is C19H15F3N2O2. The number of aryl methyl sites for hydroxylation is 1. The van der Waals surface area contributed by atoms with Crippen LogP contribution in [0.3, 0.4) is 0 Å². The van der Waals surface area contributed by atoms with Crippen molar-refractivity contribution in [3.05, 3.63) is 53.2 Å². The Morgan fingerprint density at radius 2 is 1.85 bits per heavy atom. The van der Waals surface area contributed by atoms with Crippen molar-refractivity contribution < 1.29 is 22.7 Å². The Hall–Kier alpha value is -2.83. The van der Waals surface area contributed by atoms with E-state index in [1.54, 1.807) is 24.3 Å². The first kappa shape index (κ1) is 16.6. The topological polar surface area (TPSA) is 43.6 Å². The fourth-order valence-electron chi connectivity index (χ4n) is 3.40. The Bertz CT molecular complexity index is 1020. The van der Waals surface area contributed by atoms with Crippen LogP contribution in [0.4, 0.5) is 13.2 Å². The van der Waals surface area contributed by atoms with Gasteiger partial charge in [0.1, 0.15) is 0 Å². The summed E-state index contributed by atoms with van der Waals surface area (Å²) in [6.45, 7) is 0. The number of hydrogen-bond acceptors (Lipinski definition) is 3. The number of Topliss-reactive ketones (excluding diaryl/α,β-unsaturated/α-hetero) is 1. The van der Waals surface area contributed by atoms with Crippen LogP contribution in [0.5, 0.6) is 5.88 Å². The van der Waals surface area contributed by atoms with Gasteiger partial charge in [0.25, 0.3) is 0 Å². The highest BCUT2D eigenvalue weighted by Gasteiger charge is 2.35. The molecular weight excluding hydrogens is 345 g/mol. The fourth-order valence-corrected chi connectivity index (χ4v) is 3.40. The molecule has 0 aliphatic heterocycles. The van der Waals surface area contributed by atoms with E-state index in [-0.39, 0.29) is 11.7 Å². The quantitative estimate of drug-likeness (QED) is 0.674. The van der Waals surface area contributed by atoms with Crippen LogP contribution >= 0.6 is 0 Å². The van der Waals surface area contributed by atoms with Crippen LogP contribution < -0.4 is 4.74 Å². The Labute approximate surface area is 147 Å². The number of hydrogen-bond donors (Lipinski definition) is 0. The first-order chi connectivity index (χ1) is 12.4. The smallest absolute Gasteiger partial charge is 0.435 e. The second-order valence-electron chi connectivity index (χ2n) is 6.26. The zero-order valence-electron chi connectivity index (χ0n) is 13.9. The molecule has 0 spiro atoms. The van der Waals surface area contributed by atoms with Crippen LogP contribution in [0, 0.1) is 0 Å². The number of ether oxygens (including phenoxy) is 1. The molecule has 7 heteroatoms. The van der Waals surface area contributed by atoms with Gasteiger partial charge < -0.3 is 4.74 Å². The van der Waals surface area contributed by atoms with Gasteiger partial charge in [0.2, 0.25) is 5.88 Å². The molecule has 26 heavy (non-hydrogen) atoms. The monoisotopic (exact) mass is 360 g/mol. The molecule has 0 unspecified atom stereocenters. The van der Waals surface area contributed by atoms with Crippen LogP contribution in [0.1, 0.15) is 34.5 Å². The Kier molecular flexibility index (Phi) is 3.75. The molecule has 2 heterocycles. The number of pyridine rings is 1. The molecule has 4 rings (SSSR count). The summed E-state index contributed by atoms with van der Waals surface area (Å²) in [5.41, 5.74) is 2.32. The van der Waals surface area contributed by atoms with E-state index in [0.717, 1.165) is 34.6 Å². The van der Waals surface area contributed by atoms with Gasteiger partial charge in [-0.25, -0.2) is 0 Å². The van der Waals surface area contributed by atoms with Crippen LogP contribution in [0.2, 0.25) is 0 Å². The van der Waals surface area contributed by atoms with Crippen LogP contribution in [0.15, 0.2) is 36.4 Å². The van der Waals surface area contributed by atoms with Crippen molar-refractivity contribution in [2.75, 3.05) is 7.11 Å². The van der Waals surface area contributed by atoms with Gasteiger partial charge in [0, 0.05) is 23.6 Å². The molecule has 1 aromatic carbocycles. The fraction of sp³-hybridized carbons (Fsp3) is 0.263. The van der Waals surface area contributed by atoms with E-state index >= 15 is 0 Å². The highest BCUT2D eigenvalue weighted by molar-refractivity contribution is 5.99. The second kappa shape index (κ2) is 5.86. The normalized spacial score (nSPS) is 14.5. The van der Waals surface area contributed by atoms with Crippen molar-refractivity contribution in [3.8, 4) is 17.0 Å². The summed E-state index contributed by atoms with van der Waals surface area (Å²) in [5, 5.41) is 3.65. The van der Waals surface area contributed by atoms with Gasteiger partial charge in [-0.2, -0.15) is 22.8 Å². The summed E-state index contributed by atoms with van der Waals surface area (Å²) in [5.74, 6) is 0.328. The van der Waals surface area contributed by atoms with Gasteiger partial charge in [-0.05, 0) is 36.1 Å². The number of carbonyl (C=O) groups excluding carboxylic acids is 1. The van der Waals surface area contributed by atoms with Gasteiger partial charge in [-0.3, -0.25) is 4.79 Å². The van der Waals surface area contributed by atoms with Crippen molar-refractivity contribution in [1.29, 1.82) is 0 Å². The van der Waals surface area contributed by atoms with E-state index in [1.165, 1.54) is 7.11 Å². The standard InChI is InChI=1S/C19H15F3N2O2/c1-26-18-8-7-13(15-10-17(19(20,21)22)23-24(15)18)12-5-6-14-11(9-12)3-2-4-16(14)25/h5-10H,2-4H2,1H3. The Morgan fingerprint density at radius 1 is 1.08 bits per heavy atom. The molecule has 0 fully saturated rings. The maximum absolute atomic E-state index is 13.1. The number of halogens is 3. The average molecular weight is 360 g/mol. The lowest BCUT2D eigenvalue weighted by Gasteiger charge is -2.16. The number of carbonyl (C=O) groups is 1. The van der Waals surface area contributed by atoms with Crippen molar-refractivity contribution in [3.63, 3.8) is 0 Å². The molecule has 0 amide bonds. The summed E-state index contributed by atoms with van der Waals surface area (Å²) in [6, 6.07) is 9.72. The van der Waals surface area contributed by atoms with E-state index in [4.69, 9.17) is 4.74 Å². The highest BCUT2D eigenvalue weighted by atomic mass is 19.4. The molecule has 134 valence electrons. The number of alkyl halides is 3. The predicted molar refractivity (Wildman–Crippen MR) is 89.5 cm³/mol. The molecule has 0 saturated heterocycles. The van der Waals surface area contributed by atoms with Gasteiger partial charge in [0.15, 0.2) is 11.5 Å². The summed E-state index contributed by atoms with van der Waals surface area (Å²) < 4.78 is 45.6. The number of ketones is 1. The zero-order valence-corrected chi connectivity index (χ0v) is 13.9. The largest absolute Gasteiger partial charge is 0.481 e. The molecule has 4 nitrogen and oxygen atoms in total. The van der Waals surface area contributed by atoms with E-state index < -0.39 is 11.9 Å². The first-order valence-electron chi connectivity index (χ1n) is 8.19. The molecule has 0 radical (unpaired) electrons. The summed E-state index contributed by atoms with van der Waals surface area (Å²) in [6.07, 6.45) is -2.43. The molecule has 1 aliphatic carbocycles. The molecule has 0 bridgehead atoms. The molecule has 2 aromatic heterocycles. The number of rotatable bonds is 2. The lowest BCUT2D eigenvalue weighted by atomic mass is 9.88. The average Bonchev–Trinajstić information content (AvgIpc) is 3.06. The minimum absolute atomic E-state index is 0.112. The molecule has 0 atom stereocenters. The summed E-state index contributed by atoms with van der Waals surface area (Å²) in [4.78, 5) is 12.0. The summed E-state index contributed by atoms with van der Waals surface area (Å²) >= 11 is 0. The first-order valence-corrected chi connectivity index (χ1v) is 8.19. The van der Waals surface area contributed by atoms with E-state index in [9.17, 15) is 18.0 Å². The maximum atomic E-state index is 13.1. The van der Waals surface area contributed by atoms with Crippen molar-refractivity contribution in [2.24, 2.45) is 0 Å². The third-order valence-corrected chi connectivity index (χ3v) is 4.65. The minimum atomic E-state index is -4.55. The Morgan fingerprint density at radius 3 is 2.58 bits per heavy atom. The van der Waals surface area contributed by atoms with E-state index in [1.807, 2.05) is 6.07 Å². The second-order valence-corrected chi connectivity index (χ2v) is 6.26. The Balaban J connectivity index is 1.92. The van der Waals surface area contributed by atoms with Crippen molar-refractivity contribution in [2.45, 2.75) is 25.4 Å². The van der Waals surface area contributed by atoms with Crippen molar-refractivity contribution >= 4 is 11.3 Å². The number of nitrogens with zero attached hydrogens (tertiary/aromatic N) is 2. The number of methoxy groups -OCH3 is 1. The van der Waals surface area contributed by atoms with Crippen LogP contribution in [0.25, 0.3) is 16.6 Å². The van der Waals surface area contributed by atoms with E-state index in [0.29, 0.717) is 23.1 Å². The maximum Gasteiger partial charge on any atom is 0.435 e. The number of fused-ring (bicyclic) bond motifs is 2. The molecule has 0 saturated carbocycles. The molecule has 1 aliphatic rings. The predicted octanol–water partition coefficient (Wildman–Crippen LogP) is 4.55.